The Morgan fingerprint density at radius 2 is 1.79 bits per heavy atom. The number of ketones is 1. The Labute approximate surface area is 200 Å². The molecule has 1 fully saturated rings. The Bertz CT molecular complexity index is 1420. The first-order chi connectivity index (χ1) is 16.5. The van der Waals surface area contributed by atoms with Crippen LogP contribution < -0.4 is 9.64 Å². The van der Waals surface area contributed by atoms with Gasteiger partial charge in [-0.05, 0) is 37.6 Å². The van der Waals surface area contributed by atoms with Gasteiger partial charge in [-0.25, -0.2) is 4.98 Å². The summed E-state index contributed by atoms with van der Waals surface area (Å²) in [5.74, 6) is -0.937. The van der Waals surface area contributed by atoms with Crippen molar-refractivity contribution in [3.05, 3.63) is 95.1 Å². The fourth-order valence-electron chi connectivity index (χ4n) is 4.10. The average molecular weight is 471 g/mol. The molecular weight excluding hydrogens is 448 g/mol. The number of carbonyl (C=O) groups is 2. The van der Waals surface area contributed by atoms with Crippen LogP contribution in [0.4, 0.5) is 5.13 Å². The molecular formula is C27H22N2O4S. The van der Waals surface area contributed by atoms with E-state index in [1.807, 2.05) is 74.5 Å². The third kappa shape index (κ3) is 3.74. The number of rotatable bonds is 5. The highest BCUT2D eigenvalue weighted by Crippen LogP contribution is 2.44. The number of nitrogens with zero attached hydrogens (tertiary/aromatic N) is 2. The Morgan fingerprint density at radius 1 is 1.06 bits per heavy atom. The lowest BCUT2D eigenvalue weighted by atomic mass is 9.95. The Morgan fingerprint density at radius 3 is 2.50 bits per heavy atom. The second-order valence-corrected chi connectivity index (χ2v) is 9.01. The number of carbonyl (C=O) groups excluding carboxylic acids is 2. The number of aliphatic hydroxyl groups is 1. The first-order valence-corrected chi connectivity index (χ1v) is 11.8. The number of fused-ring (bicyclic) bond motifs is 1. The van der Waals surface area contributed by atoms with Crippen molar-refractivity contribution in [2.75, 3.05) is 11.5 Å². The molecule has 0 unspecified atom stereocenters. The Hall–Kier alpha value is -3.97. The van der Waals surface area contributed by atoms with Crippen molar-refractivity contribution in [1.82, 2.24) is 4.98 Å². The van der Waals surface area contributed by atoms with E-state index in [9.17, 15) is 14.7 Å². The topological polar surface area (TPSA) is 79.7 Å². The van der Waals surface area contributed by atoms with Gasteiger partial charge in [0.2, 0.25) is 0 Å². The van der Waals surface area contributed by atoms with Crippen molar-refractivity contribution in [2.45, 2.75) is 19.9 Å². The number of hydrogen-bond donors (Lipinski definition) is 1. The molecule has 2 heterocycles. The highest BCUT2D eigenvalue weighted by molar-refractivity contribution is 7.22. The van der Waals surface area contributed by atoms with Crippen LogP contribution in [0.3, 0.4) is 0 Å². The molecule has 5 rings (SSSR count). The molecule has 7 heteroatoms. The lowest BCUT2D eigenvalue weighted by molar-refractivity contribution is -0.132. The van der Waals surface area contributed by atoms with Crippen molar-refractivity contribution in [1.29, 1.82) is 0 Å². The fraction of sp³-hybridized carbons (Fsp3) is 0.148. The van der Waals surface area contributed by atoms with Gasteiger partial charge < -0.3 is 9.84 Å². The minimum atomic E-state index is -0.797. The van der Waals surface area contributed by atoms with Gasteiger partial charge in [-0.2, -0.15) is 0 Å². The molecule has 0 spiro atoms. The Balaban J connectivity index is 1.68. The van der Waals surface area contributed by atoms with E-state index in [0.717, 1.165) is 10.3 Å². The normalized spacial score (nSPS) is 17.5. The van der Waals surface area contributed by atoms with Crippen LogP contribution in [0.15, 0.2) is 78.4 Å². The van der Waals surface area contributed by atoms with Crippen LogP contribution in [0.2, 0.25) is 0 Å². The van der Waals surface area contributed by atoms with Gasteiger partial charge in [0.25, 0.3) is 5.78 Å². The third-order valence-electron chi connectivity index (χ3n) is 5.75. The number of aromatic nitrogens is 1. The fourth-order valence-corrected chi connectivity index (χ4v) is 5.12. The zero-order valence-corrected chi connectivity index (χ0v) is 19.5. The zero-order chi connectivity index (χ0) is 23.8. The van der Waals surface area contributed by atoms with Crippen molar-refractivity contribution >= 4 is 44.1 Å². The summed E-state index contributed by atoms with van der Waals surface area (Å²) < 4.78 is 6.43. The van der Waals surface area contributed by atoms with Gasteiger partial charge in [-0.1, -0.05) is 71.5 Å². The molecule has 1 aliphatic rings. The molecule has 4 aromatic rings. The number of hydrogen-bond acceptors (Lipinski definition) is 6. The molecule has 3 aromatic carbocycles. The molecule has 6 nitrogen and oxygen atoms in total. The van der Waals surface area contributed by atoms with Crippen LogP contribution in [0.5, 0.6) is 5.75 Å². The SMILES string of the molecule is CCOc1ccc2nc(N3C(=O)C(=O)C(=C(O)c4ccc(C)cc4)[C@H]3c3ccccc3)sc2c1. The van der Waals surface area contributed by atoms with Crippen LogP contribution >= 0.6 is 11.3 Å². The van der Waals surface area contributed by atoms with E-state index in [0.29, 0.717) is 34.1 Å². The number of amides is 1. The first-order valence-electron chi connectivity index (χ1n) is 10.9. The van der Waals surface area contributed by atoms with Gasteiger partial charge in [-0.3, -0.25) is 14.5 Å². The van der Waals surface area contributed by atoms with E-state index in [1.165, 1.54) is 16.2 Å². The van der Waals surface area contributed by atoms with Gasteiger partial charge >= 0.3 is 5.91 Å². The largest absolute Gasteiger partial charge is 0.507 e. The summed E-state index contributed by atoms with van der Waals surface area (Å²) in [6.07, 6.45) is 0. The van der Waals surface area contributed by atoms with Crippen molar-refractivity contribution < 1.29 is 19.4 Å². The highest BCUT2D eigenvalue weighted by atomic mass is 32.1. The number of anilines is 1. The lowest BCUT2D eigenvalue weighted by Gasteiger charge is -2.22. The standard InChI is InChI=1S/C27H22N2O4S/c1-3-33-19-13-14-20-21(15-19)34-27(28-20)29-23(17-7-5-4-6-8-17)22(25(31)26(29)32)24(30)18-11-9-16(2)10-12-18/h4-15,23,30H,3H2,1-2H3/t23-/m1/s1. The molecule has 1 N–H and O–H groups in total. The number of thiazole rings is 1. The lowest BCUT2D eigenvalue weighted by Crippen LogP contribution is -2.29. The second-order valence-electron chi connectivity index (χ2n) is 8.00. The summed E-state index contributed by atoms with van der Waals surface area (Å²) in [5, 5.41) is 11.6. The maximum atomic E-state index is 13.3. The predicted molar refractivity (Wildman–Crippen MR) is 133 cm³/mol. The highest BCUT2D eigenvalue weighted by Gasteiger charge is 2.48. The van der Waals surface area contributed by atoms with Crippen molar-refractivity contribution in [3.8, 4) is 5.75 Å². The number of aliphatic hydroxyl groups excluding tert-OH is 1. The van der Waals surface area contributed by atoms with E-state index in [4.69, 9.17) is 4.74 Å². The molecule has 0 saturated carbocycles. The maximum Gasteiger partial charge on any atom is 0.301 e. The van der Waals surface area contributed by atoms with Gasteiger partial charge in [-0.15, -0.1) is 0 Å². The maximum absolute atomic E-state index is 13.3. The molecule has 34 heavy (non-hydrogen) atoms. The van der Waals surface area contributed by atoms with Gasteiger partial charge in [0, 0.05) is 5.56 Å². The number of Topliss-reactive ketones (excluding diaryl/α,β-unsaturated/α-hetero) is 1. The molecule has 1 aliphatic heterocycles. The van der Waals surface area contributed by atoms with Crippen molar-refractivity contribution in [2.24, 2.45) is 0 Å². The number of aryl methyl sites for hydroxylation is 1. The average Bonchev–Trinajstić information content (AvgIpc) is 3.38. The quantitative estimate of drug-likeness (QED) is 0.232. The van der Waals surface area contributed by atoms with Gasteiger partial charge in [0.05, 0.1) is 28.4 Å². The van der Waals surface area contributed by atoms with E-state index in [-0.39, 0.29) is 11.3 Å². The minimum absolute atomic E-state index is 0.0503. The minimum Gasteiger partial charge on any atom is -0.507 e. The molecule has 1 saturated heterocycles. The van der Waals surface area contributed by atoms with Crippen LogP contribution in [-0.4, -0.2) is 28.4 Å². The van der Waals surface area contributed by atoms with Crippen LogP contribution in [0.25, 0.3) is 16.0 Å². The van der Waals surface area contributed by atoms with E-state index in [2.05, 4.69) is 4.98 Å². The smallest absolute Gasteiger partial charge is 0.301 e. The van der Waals surface area contributed by atoms with Crippen LogP contribution in [-0.2, 0) is 9.59 Å². The summed E-state index contributed by atoms with van der Waals surface area (Å²) in [7, 11) is 0. The zero-order valence-electron chi connectivity index (χ0n) is 18.7. The molecule has 1 atom stereocenters. The van der Waals surface area contributed by atoms with E-state index < -0.39 is 17.7 Å². The van der Waals surface area contributed by atoms with E-state index >= 15 is 0 Å². The molecule has 0 bridgehead atoms. The Kier molecular flexibility index (Phi) is 5.63. The number of benzene rings is 3. The molecule has 0 radical (unpaired) electrons. The summed E-state index contributed by atoms with van der Waals surface area (Å²) in [5.41, 5.74) is 2.97. The molecule has 0 aliphatic carbocycles. The van der Waals surface area contributed by atoms with Crippen LogP contribution in [0, 0.1) is 6.92 Å². The molecule has 1 amide bonds. The van der Waals surface area contributed by atoms with E-state index in [1.54, 1.807) is 12.1 Å². The summed E-state index contributed by atoms with van der Waals surface area (Å²) in [4.78, 5) is 32.6. The second kappa shape index (κ2) is 8.76. The monoisotopic (exact) mass is 470 g/mol. The summed E-state index contributed by atoms with van der Waals surface area (Å²) >= 11 is 1.31. The first kappa shape index (κ1) is 21.9. The van der Waals surface area contributed by atoms with Crippen molar-refractivity contribution in [3.63, 3.8) is 0 Å². The summed E-state index contributed by atoms with van der Waals surface area (Å²) in [6.45, 7) is 4.39. The van der Waals surface area contributed by atoms with Gasteiger partial charge in [0.1, 0.15) is 11.5 Å². The number of ether oxygens (including phenoxy) is 1. The third-order valence-corrected chi connectivity index (χ3v) is 6.77. The summed E-state index contributed by atoms with van der Waals surface area (Å²) in [6, 6.07) is 21.2. The molecule has 1 aromatic heterocycles. The van der Waals surface area contributed by atoms with Gasteiger partial charge in [0.15, 0.2) is 5.13 Å². The predicted octanol–water partition coefficient (Wildman–Crippen LogP) is 5.63. The molecule has 170 valence electrons. The van der Waals surface area contributed by atoms with Crippen LogP contribution in [0.1, 0.15) is 29.7 Å².